The second-order valence-electron chi connectivity index (χ2n) is 12.2. The molecule has 1 fully saturated rings. The smallest absolute Gasteiger partial charge is 0.480 e. The lowest BCUT2D eigenvalue weighted by Gasteiger charge is -2.36. The van der Waals surface area contributed by atoms with E-state index in [1.807, 2.05) is 12.1 Å². The van der Waals surface area contributed by atoms with E-state index in [-0.39, 0.29) is 96.1 Å². The third-order valence-electron chi connectivity index (χ3n) is 7.92. The molecule has 0 spiro atoms. The van der Waals surface area contributed by atoms with E-state index in [9.17, 15) is 44.1 Å². The Kier molecular flexibility index (Phi) is 19.4. The molecule has 2 aromatic rings. The van der Waals surface area contributed by atoms with Gasteiger partial charge in [-0.1, -0.05) is 12.1 Å². The van der Waals surface area contributed by atoms with E-state index in [0.29, 0.717) is 23.8 Å². The number of nitrogens with one attached hydrogen (secondary N) is 3. The number of carbonyl (C=O) groups is 6. The number of anilines is 1. The van der Waals surface area contributed by atoms with Crippen LogP contribution in [-0.4, -0.2) is 168 Å². The number of nitrogens with zero attached hydrogens (tertiary/aromatic N) is 3. The lowest BCUT2D eigenvalue weighted by Crippen LogP contribution is -2.52. The predicted octanol–water partition coefficient (Wildman–Crippen LogP) is 0.426. The van der Waals surface area contributed by atoms with Crippen LogP contribution in [0.5, 0.6) is 5.75 Å². The maximum atomic E-state index is 12.0. The van der Waals surface area contributed by atoms with Crippen molar-refractivity contribution < 1.29 is 68.1 Å². The molecule has 0 aromatic heterocycles. The van der Waals surface area contributed by atoms with Gasteiger partial charge in [-0.3, -0.25) is 33.9 Å². The molecule has 1 atom stereocenters. The SMILES string of the molecule is O=C(O)CN1CCN(CC(=O)O)C(Cc2ccc(NC(=S)NCCOCCC(=O)NCCOCCOC(=O)Oc3ccc(C(=O)O)cc3)cc2)N(CC(=O)O)C1. The van der Waals surface area contributed by atoms with Crippen LogP contribution in [0.25, 0.3) is 0 Å². The number of carboxylic acids is 4. The van der Waals surface area contributed by atoms with Crippen molar-refractivity contribution in [2.75, 3.05) is 90.8 Å². The second kappa shape index (κ2) is 24.1. The summed E-state index contributed by atoms with van der Waals surface area (Å²) in [5.41, 5.74) is 1.52. The minimum Gasteiger partial charge on any atom is -0.480 e. The van der Waals surface area contributed by atoms with Crippen LogP contribution in [0, 0.1) is 0 Å². The molecule has 1 aliphatic rings. The summed E-state index contributed by atoms with van der Waals surface area (Å²) in [7, 11) is 0. The van der Waals surface area contributed by atoms with Gasteiger partial charge in [0.15, 0.2) is 5.11 Å². The molecular weight excluding hydrogens is 760 g/mol. The van der Waals surface area contributed by atoms with E-state index >= 15 is 0 Å². The zero-order valence-electron chi connectivity index (χ0n) is 30.4. The molecule has 2 aromatic carbocycles. The number of carboxylic acid groups (broad SMARTS) is 4. The molecule has 20 nitrogen and oxygen atoms in total. The Morgan fingerprint density at radius 1 is 0.714 bits per heavy atom. The summed E-state index contributed by atoms with van der Waals surface area (Å²) < 4.78 is 20.6. The normalized spacial score (nSPS) is 14.9. The molecule has 0 saturated carbocycles. The molecule has 56 heavy (non-hydrogen) atoms. The number of ether oxygens (including phenoxy) is 4. The molecule has 0 aliphatic carbocycles. The Balaban J connectivity index is 1.27. The quantitative estimate of drug-likeness (QED) is 0.0347. The van der Waals surface area contributed by atoms with Crippen molar-refractivity contribution in [3.05, 3.63) is 59.7 Å². The number of hydrogen-bond donors (Lipinski definition) is 7. The average Bonchev–Trinajstić information content (AvgIpc) is 3.27. The summed E-state index contributed by atoms with van der Waals surface area (Å²) in [6.45, 7) is 0.741. The van der Waals surface area contributed by atoms with Crippen molar-refractivity contribution >= 4 is 59.0 Å². The zero-order valence-corrected chi connectivity index (χ0v) is 31.2. The monoisotopic (exact) mass is 806 g/mol. The summed E-state index contributed by atoms with van der Waals surface area (Å²) in [5, 5.41) is 46.3. The molecule has 306 valence electrons. The number of rotatable bonds is 23. The lowest BCUT2D eigenvalue weighted by atomic mass is 10.1. The van der Waals surface area contributed by atoms with Gasteiger partial charge in [-0.25, -0.2) is 9.59 Å². The van der Waals surface area contributed by atoms with Gasteiger partial charge in [-0.05, 0) is 54.2 Å². The highest BCUT2D eigenvalue weighted by molar-refractivity contribution is 7.80. The van der Waals surface area contributed by atoms with Crippen molar-refractivity contribution in [3.63, 3.8) is 0 Å². The molecule has 1 saturated heterocycles. The average molecular weight is 807 g/mol. The Labute approximate surface area is 327 Å². The van der Waals surface area contributed by atoms with E-state index in [2.05, 4.69) is 16.0 Å². The first-order chi connectivity index (χ1) is 26.8. The number of amides is 1. The van der Waals surface area contributed by atoms with Gasteiger partial charge in [0, 0.05) is 44.7 Å². The van der Waals surface area contributed by atoms with Crippen molar-refractivity contribution in [1.29, 1.82) is 0 Å². The zero-order chi connectivity index (χ0) is 40.9. The molecule has 0 radical (unpaired) electrons. The number of aliphatic carboxylic acids is 3. The van der Waals surface area contributed by atoms with Crippen LogP contribution in [-0.2, 0) is 39.8 Å². The van der Waals surface area contributed by atoms with Crippen molar-refractivity contribution in [3.8, 4) is 5.75 Å². The molecule has 3 rings (SSSR count). The fourth-order valence-corrected chi connectivity index (χ4v) is 5.60. The fourth-order valence-electron chi connectivity index (χ4n) is 5.38. The fraction of sp³-hybridized carbons (Fsp3) is 0.457. The first kappa shape index (κ1) is 44.9. The van der Waals surface area contributed by atoms with E-state index in [0.717, 1.165) is 5.56 Å². The number of benzene rings is 2. The van der Waals surface area contributed by atoms with Crippen LogP contribution in [0.1, 0.15) is 22.3 Å². The van der Waals surface area contributed by atoms with E-state index in [4.69, 9.17) is 36.3 Å². The van der Waals surface area contributed by atoms with Crippen molar-refractivity contribution in [2.24, 2.45) is 0 Å². The molecule has 1 heterocycles. The van der Waals surface area contributed by atoms with E-state index in [1.54, 1.807) is 26.8 Å². The minimum absolute atomic E-state index is 0.0471. The van der Waals surface area contributed by atoms with Gasteiger partial charge in [-0.2, -0.15) is 0 Å². The number of carbonyl (C=O) groups excluding carboxylic acids is 2. The van der Waals surface area contributed by atoms with Crippen LogP contribution >= 0.6 is 12.2 Å². The summed E-state index contributed by atoms with van der Waals surface area (Å²) in [5.74, 6) is -4.47. The predicted molar refractivity (Wildman–Crippen MR) is 200 cm³/mol. The highest BCUT2D eigenvalue weighted by atomic mass is 32.1. The number of thiocarbonyl (C=S) groups is 1. The van der Waals surface area contributed by atoms with E-state index in [1.165, 1.54) is 24.3 Å². The van der Waals surface area contributed by atoms with Gasteiger partial charge < -0.3 is 55.3 Å². The van der Waals surface area contributed by atoms with Crippen LogP contribution in [0.3, 0.4) is 0 Å². The first-order valence-electron chi connectivity index (χ1n) is 17.4. The maximum absolute atomic E-state index is 12.0. The first-order valence-corrected chi connectivity index (χ1v) is 17.8. The third-order valence-corrected chi connectivity index (χ3v) is 8.16. The summed E-state index contributed by atoms with van der Waals surface area (Å²) in [6.07, 6.45) is -1.16. The Bertz CT molecular complexity index is 1630. The van der Waals surface area contributed by atoms with Gasteiger partial charge in [-0.15, -0.1) is 0 Å². The van der Waals surface area contributed by atoms with Gasteiger partial charge in [0.2, 0.25) is 5.91 Å². The minimum atomic E-state index is -1.12. The summed E-state index contributed by atoms with van der Waals surface area (Å²) in [4.78, 5) is 74.0. The van der Waals surface area contributed by atoms with Crippen molar-refractivity contribution in [2.45, 2.75) is 19.0 Å². The van der Waals surface area contributed by atoms with Gasteiger partial charge >= 0.3 is 30.0 Å². The van der Waals surface area contributed by atoms with Crippen molar-refractivity contribution in [1.82, 2.24) is 25.3 Å². The summed E-state index contributed by atoms with van der Waals surface area (Å²) in [6, 6.07) is 12.4. The molecule has 1 aliphatic heterocycles. The highest BCUT2D eigenvalue weighted by Gasteiger charge is 2.33. The highest BCUT2D eigenvalue weighted by Crippen LogP contribution is 2.19. The van der Waals surface area contributed by atoms with Crippen LogP contribution in [0.4, 0.5) is 10.5 Å². The lowest BCUT2D eigenvalue weighted by molar-refractivity contribution is -0.142. The standard InChI is InChI=1S/C35H46N6O14S/c42-28(36-10-15-53-17-18-54-35(51)55-27-7-3-25(4-8-27)33(49)50)9-14-52-16-11-37-34(56)38-26-5-1-24(2-6-26)19-29-40(21-31(45)46)13-12-39(20-30(43)44)23-41(29)22-32(47)48/h1-8,29H,9-23H2,(H,36,42)(H,43,44)(H,45,46)(H,47,48)(H,49,50)(H2,37,38,56). The van der Waals surface area contributed by atoms with Crippen LogP contribution < -0.4 is 20.7 Å². The topological polar surface area (TPSA) is 266 Å². The molecule has 1 amide bonds. The molecule has 1 unspecified atom stereocenters. The van der Waals surface area contributed by atoms with Crippen LogP contribution in [0.2, 0.25) is 0 Å². The largest absolute Gasteiger partial charge is 0.513 e. The molecule has 7 N–H and O–H groups in total. The summed E-state index contributed by atoms with van der Waals surface area (Å²) >= 11 is 5.35. The Hall–Kier alpha value is -5.45. The van der Waals surface area contributed by atoms with Gasteiger partial charge in [0.05, 0.1) is 64.5 Å². The van der Waals surface area contributed by atoms with Gasteiger partial charge in [0.1, 0.15) is 12.4 Å². The molecule has 21 heteroatoms. The molecule has 0 bridgehead atoms. The molecular formula is C35H46N6O14S. The number of hydrogen-bond acceptors (Lipinski definition) is 14. The second-order valence-corrected chi connectivity index (χ2v) is 12.6. The van der Waals surface area contributed by atoms with Gasteiger partial charge in [0.25, 0.3) is 0 Å². The van der Waals surface area contributed by atoms with Crippen LogP contribution in [0.15, 0.2) is 48.5 Å². The Morgan fingerprint density at radius 2 is 1.34 bits per heavy atom. The third kappa shape index (κ3) is 17.8. The maximum Gasteiger partial charge on any atom is 0.513 e. The Morgan fingerprint density at radius 3 is 1.98 bits per heavy atom. The number of aromatic carboxylic acids is 1. The van der Waals surface area contributed by atoms with E-state index < -0.39 is 42.7 Å².